The molecule has 1 N–H and O–H groups in total. The van der Waals surface area contributed by atoms with Crippen LogP contribution >= 0.6 is 0 Å². The summed E-state index contributed by atoms with van der Waals surface area (Å²) in [6.45, 7) is 1.68. The van der Waals surface area contributed by atoms with Gasteiger partial charge in [0.2, 0.25) is 15.9 Å². The highest BCUT2D eigenvalue weighted by molar-refractivity contribution is 7.89. The van der Waals surface area contributed by atoms with Gasteiger partial charge < -0.3 is 9.32 Å². The molecule has 0 saturated carbocycles. The van der Waals surface area contributed by atoms with Gasteiger partial charge in [-0.2, -0.15) is 4.31 Å². The third kappa shape index (κ3) is 4.26. The molecule has 1 saturated heterocycles. The highest BCUT2D eigenvalue weighted by Crippen LogP contribution is 2.28. The number of fused-ring (bicyclic) bond motifs is 1. The van der Waals surface area contributed by atoms with Crippen molar-refractivity contribution in [1.82, 2.24) is 14.2 Å². The Morgan fingerprint density at radius 3 is 2.67 bits per heavy atom. The molecule has 5 rings (SSSR count). The van der Waals surface area contributed by atoms with Gasteiger partial charge in [0.05, 0.1) is 16.3 Å². The number of H-pyrrole nitrogens is 1. The number of carbonyl (C=O) groups excluding carboxylic acids is 1. The van der Waals surface area contributed by atoms with Crippen molar-refractivity contribution in [2.24, 2.45) is 5.92 Å². The maximum Gasteiger partial charge on any atom is 0.417 e. The summed E-state index contributed by atoms with van der Waals surface area (Å²) in [5.41, 5.74) is 3.05. The van der Waals surface area contributed by atoms with E-state index in [0.29, 0.717) is 38.0 Å². The van der Waals surface area contributed by atoms with E-state index in [2.05, 4.69) is 23.2 Å². The molecule has 8 nitrogen and oxygen atoms in total. The molecular formula is C24H25N3O5S. The number of nitrogens with one attached hydrogen (secondary N) is 1. The standard InChI is InChI=1S/C24H25N3O5S/c28-23(26-13-10-18(11-14-26)17-5-2-1-3-6-17)19-7-4-12-27(16-19)33(30,31)20-8-9-21-22(15-20)32-24(29)25-21/h1-3,5-6,8-10,15,19H,4,7,11-14,16H2,(H,25,29). The van der Waals surface area contributed by atoms with Crippen molar-refractivity contribution in [3.63, 3.8) is 0 Å². The van der Waals surface area contributed by atoms with Crippen LogP contribution < -0.4 is 5.76 Å². The average Bonchev–Trinajstić information content (AvgIpc) is 3.23. The summed E-state index contributed by atoms with van der Waals surface area (Å²) in [6.07, 6.45) is 4.17. The minimum Gasteiger partial charge on any atom is -0.408 e. The van der Waals surface area contributed by atoms with E-state index in [9.17, 15) is 18.0 Å². The number of oxazole rings is 1. The Bertz CT molecular complexity index is 1370. The lowest BCUT2D eigenvalue weighted by Gasteiger charge is -2.35. The lowest BCUT2D eigenvalue weighted by molar-refractivity contribution is -0.136. The number of nitrogens with zero attached hydrogens (tertiary/aromatic N) is 2. The molecule has 1 aromatic heterocycles. The fourth-order valence-electron chi connectivity index (χ4n) is 4.64. The Balaban J connectivity index is 1.29. The summed E-state index contributed by atoms with van der Waals surface area (Å²) in [6, 6.07) is 14.5. The van der Waals surface area contributed by atoms with Gasteiger partial charge in [-0.25, -0.2) is 13.2 Å². The molecule has 1 unspecified atom stereocenters. The number of hydrogen-bond acceptors (Lipinski definition) is 5. The zero-order valence-corrected chi connectivity index (χ0v) is 18.9. The van der Waals surface area contributed by atoms with E-state index in [0.717, 1.165) is 6.42 Å². The molecule has 0 bridgehead atoms. The first-order valence-electron chi connectivity index (χ1n) is 11.1. The molecule has 1 fully saturated rings. The molecule has 0 spiro atoms. The van der Waals surface area contributed by atoms with E-state index < -0.39 is 15.8 Å². The Labute approximate surface area is 191 Å². The quantitative estimate of drug-likeness (QED) is 0.636. The number of hydrogen-bond donors (Lipinski definition) is 1. The molecule has 33 heavy (non-hydrogen) atoms. The van der Waals surface area contributed by atoms with Crippen LogP contribution in [0.2, 0.25) is 0 Å². The first-order valence-corrected chi connectivity index (χ1v) is 12.5. The van der Waals surface area contributed by atoms with Crippen LogP contribution in [0.15, 0.2) is 68.7 Å². The first kappa shape index (κ1) is 21.7. The molecule has 2 aliphatic heterocycles. The third-order valence-electron chi connectivity index (χ3n) is 6.43. The number of piperidine rings is 1. The van der Waals surface area contributed by atoms with Crippen LogP contribution in [-0.2, 0) is 14.8 Å². The molecule has 9 heteroatoms. The second kappa shape index (κ2) is 8.64. The molecule has 3 heterocycles. The normalized spacial score (nSPS) is 20.1. The van der Waals surface area contributed by atoms with Crippen molar-refractivity contribution in [2.45, 2.75) is 24.2 Å². The minimum absolute atomic E-state index is 0.00495. The van der Waals surface area contributed by atoms with E-state index in [1.54, 1.807) is 0 Å². The summed E-state index contributed by atoms with van der Waals surface area (Å²) >= 11 is 0. The van der Waals surface area contributed by atoms with Gasteiger partial charge in [-0.3, -0.25) is 9.78 Å². The number of carbonyl (C=O) groups is 1. The summed E-state index contributed by atoms with van der Waals surface area (Å²) < 4.78 is 32.9. The van der Waals surface area contributed by atoms with Gasteiger partial charge in [-0.1, -0.05) is 36.4 Å². The van der Waals surface area contributed by atoms with Crippen molar-refractivity contribution in [1.29, 1.82) is 0 Å². The van der Waals surface area contributed by atoms with Gasteiger partial charge in [0.25, 0.3) is 0 Å². The summed E-state index contributed by atoms with van der Waals surface area (Å²) in [4.78, 5) is 29.0. The van der Waals surface area contributed by atoms with Crippen LogP contribution in [0.3, 0.4) is 0 Å². The second-order valence-electron chi connectivity index (χ2n) is 8.50. The van der Waals surface area contributed by atoms with Gasteiger partial charge in [0.1, 0.15) is 0 Å². The van der Waals surface area contributed by atoms with Crippen molar-refractivity contribution in [3.8, 4) is 0 Å². The van der Waals surface area contributed by atoms with Gasteiger partial charge in [-0.05, 0) is 42.5 Å². The van der Waals surface area contributed by atoms with E-state index in [1.807, 2.05) is 23.1 Å². The third-order valence-corrected chi connectivity index (χ3v) is 8.29. The molecule has 172 valence electrons. The van der Waals surface area contributed by atoms with Gasteiger partial charge in [0, 0.05) is 32.2 Å². The van der Waals surface area contributed by atoms with Crippen LogP contribution in [0.4, 0.5) is 0 Å². The first-order chi connectivity index (χ1) is 15.9. The number of amides is 1. The predicted octanol–water partition coefficient (Wildman–Crippen LogP) is 2.84. The van der Waals surface area contributed by atoms with Gasteiger partial charge in [-0.15, -0.1) is 0 Å². The van der Waals surface area contributed by atoms with Crippen molar-refractivity contribution in [3.05, 3.63) is 70.7 Å². The maximum absolute atomic E-state index is 13.2. The molecule has 2 aliphatic rings. The second-order valence-corrected chi connectivity index (χ2v) is 10.4. The van der Waals surface area contributed by atoms with Crippen LogP contribution in [-0.4, -0.2) is 54.7 Å². The largest absolute Gasteiger partial charge is 0.417 e. The molecule has 0 radical (unpaired) electrons. The fourth-order valence-corrected chi connectivity index (χ4v) is 6.18. The Morgan fingerprint density at radius 1 is 1.09 bits per heavy atom. The smallest absolute Gasteiger partial charge is 0.408 e. The minimum atomic E-state index is -3.81. The highest BCUT2D eigenvalue weighted by atomic mass is 32.2. The SMILES string of the molecule is O=C(C1CCCN(S(=O)(=O)c2ccc3[nH]c(=O)oc3c2)C1)N1CC=C(c2ccccc2)CC1. The van der Waals surface area contributed by atoms with Crippen LogP contribution in [0.25, 0.3) is 16.7 Å². The van der Waals surface area contributed by atoms with Crippen molar-refractivity contribution >= 4 is 32.6 Å². The monoisotopic (exact) mass is 467 g/mol. The lowest BCUT2D eigenvalue weighted by atomic mass is 9.95. The number of aromatic amines is 1. The molecule has 3 aromatic rings. The zero-order valence-electron chi connectivity index (χ0n) is 18.1. The van der Waals surface area contributed by atoms with Gasteiger partial charge >= 0.3 is 5.76 Å². The molecule has 1 atom stereocenters. The van der Waals surface area contributed by atoms with E-state index in [4.69, 9.17) is 4.42 Å². The number of rotatable bonds is 4. The topological polar surface area (TPSA) is 104 Å². The number of aromatic nitrogens is 1. The predicted molar refractivity (Wildman–Crippen MR) is 124 cm³/mol. The van der Waals surface area contributed by atoms with Gasteiger partial charge in [0.15, 0.2) is 5.58 Å². The zero-order chi connectivity index (χ0) is 23.0. The summed E-state index contributed by atoms with van der Waals surface area (Å²) in [5.74, 6) is -0.992. The Hall–Kier alpha value is -3.17. The summed E-state index contributed by atoms with van der Waals surface area (Å²) in [7, 11) is -3.81. The molecule has 1 amide bonds. The average molecular weight is 468 g/mol. The van der Waals surface area contributed by atoms with Crippen LogP contribution in [0.1, 0.15) is 24.8 Å². The van der Waals surface area contributed by atoms with Crippen molar-refractivity contribution in [2.75, 3.05) is 26.2 Å². The van der Waals surface area contributed by atoms with E-state index >= 15 is 0 Å². The lowest BCUT2D eigenvalue weighted by Crippen LogP contribution is -2.47. The molecular weight excluding hydrogens is 442 g/mol. The van der Waals surface area contributed by atoms with Crippen molar-refractivity contribution < 1.29 is 17.6 Å². The highest BCUT2D eigenvalue weighted by Gasteiger charge is 2.35. The van der Waals surface area contributed by atoms with Crippen LogP contribution in [0, 0.1) is 5.92 Å². The maximum atomic E-state index is 13.2. The molecule has 2 aromatic carbocycles. The number of sulfonamides is 1. The Kier molecular flexibility index (Phi) is 5.67. The van der Waals surface area contributed by atoms with E-state index in [-0.39, 0.29) is 28.8 Å². The number of benzene rings is 2. The van der Waals surface area contributed by atoms with E-state index in [1.165, 1.54) is 33.6 Å². The summed E-state index contributed by atoms with van der Waals surface area (Å²) in [5, 5.41) is 0. The van der Waals surface area contributed by atoms with Crippen LogP contribution in [0.5, 0.6) is 0 Å². The fraction of sp³-hybridized carbons (Fsp3) is 0.333. The Morgan fingerprint density at radius 2 is 1.91 bits per heavy atom. The molecule has 0 aliphatic carbocycles.